The van der Waals surface area contributed by atoms with Crippen molar-refractivity contribution >= 4 is 34.1 Å². The van der Waals surface area contributed by atoms with Crippen molar-refractivity contribution in [2.45, 2.75) is 31.3 Å². The molecule has 0 bridgehead atoms. The highest BCUT2D eigenvalue weighted by Gasteiger charge is 2.13. The van der Waals surface area contributed by atoms with Gasteiger partial charge in [0.1, 0.15) is 5.75 Å². The molecule has 0 aliphatic rings. The fourth-order valence-electron chi connectivity index (χ4n) is 2.86. The predicted octanol–water partition coefficient (Wildman–Crippen LogP) is 4.53. The van der Waals surface area contributed by atoms with E-state index in [1.807, 2.05) is 31.3 Å². The van der Waals surface area contributed by atoms with Gasteiger partial charge in [-0.05, 0) is 42.7 Å². The number of anilines is 1. The van der Waals surface area contributed by atoms with Crippen molar-refractivity contribution in [2.75, 3.05) is 25.2 Å². The van der Waals surface area contributed by atoms with Crippen LogP contribution < -0.4 is 10.1 Å². The second-order valence-corrected chi connectivity index (χ2v) is 9.24. The number of rotatable bonds is 9. The number of ether oxygens (including phenoxy) is 1. The molecule has 158 valence electrons. The lowest BCUT2D eigenvalue weighted by atomic mass is 10.1. The lowest BCUT2D eigenvalue weighted by molar-refractivity contribution is -0.127. The highest BCUT2D eigenvalue weighted by Crippen LogP contribution is 2.26. The third-order valence-corrected chi connectivity index (χ3v) is 6.66. The molecule has 0 fully saturated rings. The van der Waals surface area contributed by atoms with Gasteiger partial charge in [-0.2, -0.15) is 0 Å². The average molecular weight is 443 g/mol. The Hall–Kier alpha value is -2.58. The van der Waals surface area contributed by atoms with Crippen molar-refractivity contribution in [2.24, 2.45) is 0 Å². The molecule has 0 spiro atoms. The molecule has 1 amide bonds. The fourth-order valence-corrected chi connectivity index (χ4v) is 4.55. The lowest BCUT2D eigenvalue weighted by Gasteiger charge is -2.18. The summed E-state index contributed by atoms with van der Waals surface area (Å²) in [7, 11) is 3.49. The number of nitrogens with one attached hydrogen (secondary N) is 1. The molecular formula is C22H26N4O2S2. The number of hydrogen-bond acceptors (Lipinski definition) is 7. The van der Waals surface area contributed by atoms with Crippen molar-refractivity contribution in [1.82, 2.24) is 15.1 Å². The zero-order valence-electron chi connectivity index (χ0n) is 17.6. The molecule has 2 aromatic carbocycles. The summed E-state index contributed by atoms with van der Waals surface area (Å²) in [6.45, 7) is 5.42. The number of carbonyl (C=O) groups excluding carboxylic acids is 1. The van der Waals surface area contributed by atoms with E-state index in [1.54, 1.807) is 12.0 Å². The molecule has 1 N–H and O–H groups in total. The van der Waals surface area contributed by atoms with Gasteiger partial charge in [0.15, 0.2) is 4.34 Å². The number of benzene rings is 2. The molecule has 1 heterocycles. The Morgan fingerprint density at radius 2 is 1.93 bits per heavy atom. The molecule has 0 saturated carbocycles. The Balaban J connectivity index is 1.46. The second kappa shape index (κ2) is 10.4. The number of aryl methyl sites for hydroxylation is 2. The second-order valence-electron chi connectivity index (χ2n) is 7.04. The fraction of sp³-hybridized carbons (Fsp3) is 0.318. The van der Waals surface area contributed by atoms with E-state index in [2.05, 4.69) is 47.6 Å². The van der Waals surface area contributed by atoms with Gasteiger partial charge < -0.3 is 15.0 Å². The Labute approximate surface area is 185 Å². The minimum Gasteiger partial charge on any atom is -0.497 e. The molecule has 0 aliphatic carbocycles. The molecule has 3 aromatic rings. The third-order valence-electron chi connectivity index (χ3n) is 4.66. The van der Waals surface area contributed by atoms with E-state index in [4.69, 9.17) is 4.74 Å². The maximum Gasteiger partial charge on any atom is 0.233 e. The third kappa shape index (κ3) is 6.21. The molecule has 3 rings (SSSR count). The molecule has 0 radical (unpaired) electrons. The SMILES string of the molecule is COc1ccc(CNc2nnc(SCC(=O)N(C)Cc3ccc(C)cc3C)s2)cc1. The van der Waals surface area contributed by atoms with E-state index in [0.717, 1.165) is 20.8 Å². The van der Waals surface area contributed by atoms with Gasteiger partial charge in [-0.3, -0.25) is 4.79 Å². The molecule has 0 unspecified atom stereocenters. The summed E-state index contributed by atoms with van der Waals surface area (Å²) in [6, 6.07) is 14.2. The maximum absolute atomic E-state index is 12.5. The highest BCUT2D eigenvalue weighted by molar-refractivity contribution is 8.01. The maximum atomic E-state index is 12.5. The normalized spacial score (nSPS) is 10.7. The molecule has 0 atom stereocenters. The molecule has 8 heteroatoms. The van der Waals surface area contributed by atoms with E-state index in [9.17, 15) is 4.79 Å². The quantitative estimate of drug-likeness (QED) is 0.491. The summed E-state index contributed by atoms with van der Waals surface area (Å²) in [5, 5.41) is 12.3. The Kier molecular flexibility index (Phi) is 7.70. The van der Waals surface area contributed by atoms with E-state index < -0.39 is 0 Å². The molecular weight excluding hydrogens is 416 g/mol. The van der Waals surface area contributed by atoms with Crippen LogP contribution in [0.2, 0.25) is 0 Å². The zero-order chi connectivity index (χ0) is 21.5. The van der Waals surface area contributed by atoms with Crippen LogP contribution in [-0.4, -0.2) is 40.9 Å². The van der Waals surface area contributed by atoms with Crippen LogP contribution in [0.5, 0.6) is 5.75 Å². The highest BCUT2D eigenvalue weighted by atomic mass is 32.2. The van der Waals surface area contributed by atoms with E-state index in [-0.39, 0.29) is 5.91 Å². The number of amides is 1. The van der Waals surface area contributed by atoms with Crippen LogP contribution in [0.15, 0.2) is 46.8 Å². The van der Waals surface area contributed by atoms with Crippen LogP contribution in [-0.2, 0) is 17.9 Å². The number of carbonyl (C=O) groups is 1. The van der Waals surface area contributed by atoms with Gasteiger partial charge in [0.25, 0.3) is 0 Å². The van der Waals surface area contributed by atoms with Crippen molar-refractivity contribution in [3.8, 4) is 5.75 Å². The number of aromatic nitrogens is 2. The van der Waals surface area contributed by atoms with Crippen LogP contribution >= 0.6 is 23.1 Å². The summed E-state index contributed by atoms with van der Waals surface area (Å²) in [6.07, 6.45) is 0. The first-order valence-corrected chi connectivity index (χ1v) is 11.4. The minimum absolute atomic E-state index is 0.0721. The van der Waals surface area contributed by atoms with E-state index >= 15 is 0 Å². The molecule has 0 aliphatic heterocycles. The smallest absolute Gasteiger partial charge is 0.233 e. The lowest BCUT2D eigenvalue weighted by Crippen LogP contribution is -2.28. The summed E-state index contributed by atoms with van der Waals surface area (Å²) in [5.41, 5.74) is 4.73. The monoisotopic (exact) mass is 442 g/mol. The zero-order valence-corrected chi connectivity index (χ0v) is 19.3. The van der Waals surface area contributed by atoms with Crippen LogP contribution in [0.3, 0.4) is 0 Å². The molecule has 30 heavy (non-hydrogen) atoms. The largest absolute Gasteiger partial charge is 0.497 e. The first-order valence-electron chi connectivity index (χ1n) is 9.58. The van der Waals surface area contributed by atoms with Crippen molar-refractivity contribution in [3.63, 3.8) is 0 Å². The Morgan fingerprint density at radius 3 is 2.63 bits per heavy atom. The standard InChI is InChI=1S/C22H26N4O2S2/c1-15-5-8-18(16(2)11-15)13-26(3)20(27)14-29-22-25-24-21(30-22)23-12-17-6-9-19(28-4)10-7-17/h5-11H,12-14H2,1-4H3,(H,23,24). The van der Waals surface area contributed by atoms with Crippen LogP contribution in [0.25, 0.3) is 0 Å². The van der Waals surface area contributed by atoms with Gasteiger partial charge in [-0.25, -0.2) is 0 Å². The van der Waals surface area contributed by atoms with Gasteiger partial charge in [-0.15, -0.1) is 10.2 Å². The van der Waals surface area contributed by atoms with Crippen molar-refractivity contribution in [3.05, 3.63) is 64.7 Å². The van der Waals surface area contributed by atoms with Gasteiger partial charge >= 0.3 is 0 Å². The van der Waals surface area contributed by atoms with Crippen LogP contribution in [0, 0.1) is 13.8 Å². The minimum atomic E-state index is 0.0721. The van der Waals surface area contributed by atoms with Crippen LogP contribution in [0.4, 0.5) is 5.13 Å². The molecule has 0 saturated heterocycles. The summed E-state index contributed by atoms with van der Waals surface area (Å²) < 4.78 is 5.95. The van der Waals surface area contributed by atoms with Gasteiger partial charge in [0.2, 0.25) is 11.0 Å². The summed E-state index contributed by atoms with van der Waals surface area (Å²) in [5.74, 6) is 1.25. The van der Waals surface area contributed by atoms with Gasteiger partial charge in [0, 0.05) is 20.1 Å². The molecule has 6 nitrogen and oxygen atoms in total. The number of hydrogen-bond donors (Lipinski definition) is 1. The van der Waals surface area contributed by atoms with Gasteiger partial charge in [0.05, 0.1) is 12.9 Å². The first-order chi connectivity index (χ1) is 14.4. The van der Waals surface area contributed by atoms with Gasteiger partial charge in [-0.1, -0.05) is 59.0 Å². The topological polar surface area (TPSA) is 67.3 Å². The predicted molar refractivity (Wildman–Crippen MR) is 123 cm³/mol. The first kappa shape index (κ1) is 22.1. The Bertz CT molecular complexity index is 989. The summed E-state index contributed by atoms with van der Waals surface area (Å²) in [4.78, 5) is 14.3. The number of thioether (sulfide) groups is 1. The summed E-state index contributed by atoms with van der Waals surface area (Å²) >= 11 is 2.87. The van der Waals surface area contributed by atoms with Crippen LogP contribution in [0.1, 0.15) is 22.3 Å². The average Bonchev–Trinajstić information content (AvgIpc) is 3.20. The van der Waals surface area contributed by atoms with E-state index in [0.29, 0.717) is 18.8 Å². The number of nitrogens with zero attached hydrogens (tertiary/aromatic N) is 3. The Morgan fingerprint density at radius 1 is 1.17 bits per heavy atom. The number of methoxy groups -OCH3 is 1. The van der Waals surface area contributed by atoms with E-state index in [1.165, 1.54) is 39.8 Å². The van der Waals surface area contributed by atoms with Crippen molar-refractivity contribution in [1.29, 1.82) is 0 Å². The molecule has 1 aromatic heterocycles. The van der Waals surface area contributed by atoms with Crippen molar-refractivity contribution < 1.29 is 9.53 Å².